The van der Waals surface area contributed by atoms with Gasteiger partial charge in [-0.1, -0.05) is 30.7 Å². The minimum absolute atomic E-state index is 0.170. The fraction of sp³-hybridized carbons (Fsp3) is 0.526. The van der Waals surface area contributed by atoms with Gasteiger partial charge in [0.1, 0.15) is 5.75 Å². The molecular weight excluding hydrogens is 276 g/mol. The summed E-state index contributed by atoms with van der Waals surface area (Å²) in [5.74, 6) is 0.753. The van der Waals surface area contributed by atoms with Crippen LogP contribution >= 0.6 is 0 Å². The fourth-order valence-electron chi connectivity index (χ4n) is 2.18. The van der Waals surface area contributed by atoms with Crippen LogP contribution in [0, 0.1) is 5.92 Å². The predicted octanol–water partition coefficient (Wildman–Crippen LogP) is 4.86. The molecule has 0 aliphatic rings. The summed E-state index contributed by atoms with van der Waals surface area (Å²) in [6, 6.07) is 7.73. The highest BCUT2D eigenvalue weighted by atomic mass is 16.5. The van der Waals surface area contributed by atoms with Crippen molar-refractivity contribution < 1.29 is 14.6 Å². The summed E-state index contributed by atoms with van der Waals surface area (Å²) < 4.78 is 5.75. The molecule has 0 unspecified atom stereocenters. The fourth-order valence-corrected chi connectivity index (χ4v) is 2.18. The third-order valence-electron chi connectivity index (χ3n) is 3.64. The molecule has 0 aromatic heterocycles. The number of hydrogen-bond acceptors (Lipinski definition) is 2. The van der Waals surface area contributed by atoms with Gasteiger partial charge in [-0.05, 0) is 63.1 Å². The smallest absolute Gasteiger partial charge is 0.303 e. The van der Waals surface area contributed by atoms with Crippen molar-refractivity contribution in [3.63, 3.8) is 0 Å². The molecule has 1 rings (SSSR count). The van der Waals surface area contributed by atoms with Crippen molar-refractivity contribution in [1.82, 2.24) is 0 Å². The molecule has 1 aromatic rings. The van der Waals surface area contributed by atoms with Gasteiger partial charge in [-0.15, -0.1) is 0 Å². The summed E-state index contributed by atoms with van der Waals surface area (Å²) >= 11 is 0. The van der Waals surface area contributed by atoms with Crippen molar-refractivity contribution in [2.24, 2.45) is 5.92 Å². The van der Waals surface area contributed by atoms with Crippen molar-refractivity contribution in [2.75, 3.05) is 6.61 Å². The molecule has 3 heteroatoms. The average Bonchev–Trinajstić information content (AvgIpc) is 2.46. The molecule has 0 fully saturated rings. The van der Waals surface area contributed by atoms with Gasteiger partial charge in [0.05, 0.1) is 6.61 Å². The number of benzene rings is 1. The first kappa shape index (κ1) is 18.3. The first-order valence-electron chi connectivity index (χ1n) is 8.04. The van der Waals surface area contributed by atoms with Crippen molar-refractivity contribution in [3.8, 4) is 5.75 Å². The lowest BCUT2D eigenvalue weighted by Crippen LogP contribution is -2.04. The number of hydrogen-bond donors (Lipinski definition) is 1. The van der Waals surface area contributed by atoms with E-state index in [0.29, 0.717) is 12.3 Å². The van der Waals surface area contributed by atoms with Crippen LogP contribution in [0.4, 0.5) is 0 Å². The van der Waals surface area contributed by atoms with E-state index in [1.807, 2.05) is 24.3 Å². The summed E-state index contributed by atoms with van der Waals surface area (Å²) in [6.07, 6.45) is 6.41. The zero-order valence-electron chi connectivity index (χ0n) is 14.0. The molecule has 0 heterocycles. The first-order valence-corrected chi connectivity index (χ1v) is 8.04. The summed E-state index contributed by atoms with van der Waals surface area (Å²) in [5.41, 5.74) is 2.41. The average molecular weight is 304 g/mol. The van der Waals surface area contributed by atoms with Gasteiger partial charge in [0.25, 0.3) is 0 Å². The van der Waals surface area contributed by atoms with Crippen LogP contribution in [0.15, 0.2) is 35.9 Å². The van der Waals surface area contributed by atoms with Crippen molar-refractivity contribution in [1.29, 1.82) is 0 Å². The molecule has 22 heavy (non-hydrogen) atoms. The number of rotatable bonds is 10. The van der Waals surface area contributed by atoms with Gasteiger partial charge in [0.15, 0.2) is 0 Å². The summed E-state index contributed by atoms with van der Waals surface area (Å²) in [4.78, 5) is 10.5. The van der Waals surface area contributed by atoms with Gasteiger partial charge >= 0.3 is 5.97 Å². The lowest BCUT2D eigenvalue weighted by atomic mass is 10.0. The number of aryl methyl sites for hydroxylation is 1. The monoisotopic (exact) mass is 304 g/mol. The Morgan fingerprint density at radius 1 is 1.23 bits per heavy atom. The summed E-state index contributed by atoms with van der Waals surface area (Å²) in [5, 5.41) is 8.66. The van der Waals surface area contributed by atoms with Crippen LogP contribution in [0.2, 0.25) is 0 Å². The molecule has 0 saturated heterocycles. The molecule has 0 amide bonds. The second kappa shape index (κ2) is 10.0. The maximum atomic E-state index is 10.5. The Kier molecular flexibility index (Phi) is 8.34. The van der Waals surface area contributed by atoms with Gasteiger partial charge < -0.3 is 9.84 Å². The molecule has 1 atom stereocenters. The van der Waals surface area contributed by atoms with E-state index in [2.05, 4.69) is 26.8 Å². The van der Waals surface area contributed by atoms with E-state index >= 15 is 0 Å². The molecule has 3 nitrogen and oxygen atoms in total. The molecule has 1 aromatic carbocycles. The Morgan fingerprint density at radius 2 is 1.91 bits per heavy atom. The number of carbonyl (C=O) groups is 1. The Hall–Kier alpha value is -1.77. The van der Waals surface area contributed by atoms with E-state index in [0.717, 1.165) is 30.8 Å². The quantitative estimate of drug-likeness (QED) is 0.628. The number of carboxylic acid groups (broad SMARTS) is 1. The minimum Gasteiger partial charge on any atom is -0.494 e. The minimum atomic E-state index is -0.762. The predicted molar refractivity (Wildman–Crippen MR) is 90.3 cm³/mol. The number of allylic oxidation sites excluding steroid dienone is 2. The Labute approximate surface area is 134 Å². The van der Waals surface area contributed by atoms with Gasteiger partial charge in [-0.25, -0.2) is 0 Å². The largest absolute Gasteiger partial charge is 0.494 e. The topological polar surface area (TPSA) is 46.5 Å². The van der Waals surface area contributed by atoms with Crippen LogP contribution in [0.1, 0.15) is 52.0 Å². The zero-order valence-corrected chi connectivity index (χ0v) is 14.0. The van der Waals surface area contributed by atoms with Crippen LogP contribution < -0.4 is 4.74 Å². The van der Waals surface area contributed by atoms with Crippen molar-refractivity contribution >= 4 is 5.97 Å². The molecule has 0 bridgehead atoms. The van der Waals surface area contributed by atoms with E-state index in [-0.39, 0.29) is 6.42 Å². The van der Waals surface area contributed by atoms with Crippen LogP contribution in [-0.4, -0.2) is 17.7 Å². The molecule has 0 spiro atoms. The highest BCUT2D eigenvalue weighted by molar-refractivity contribution is 5.67. The maximum absolute atomic E-state index is 10.5. The zero-order chi connectivity index (χ0) is 16.4. The molecule has 0 radical (unpaired) electrons. The Bertz CT molecular complexity index is 470. The second-order valence-electron chi connectivity index (χ2n) is 6.14. The van der Waals surface area contributed by atoms with E-state index < -0.39 is 5.97 Å². The molecular formula is C19H28O3. The van der Waals surface area contributed by atoms with Gasteiger partial charge in [0, 0.05) is 6.42 Å². The standard InChI is InChI=1S/C19H28O3/c1-15(2)5-4-6-16(3)13-14-22-18-10-7-17(8-11-18)9-12-19(20)21/h5,7-8,10-11,16H,4,6,9,12-14H2,1-3H3,(H,20,21)/t16-/m0/s1. The maximum Gasteiger partial charge on any atom is 0.303 e. The van der Waals surface area contributed by atoms with Crippen molar-refractivity contribution in [2.45, 2.75) is 52.9 Å². The highest BCUT2D eigenvalue weighted by Crippen LogP contribution is 2.16. The number of ether oxygens (including phenoxy) is 1. The lowest BCUT2D eigenvalue weighted by molar-refractivity contribution is -0.136. The van der Waals surface area contributed by atoms with Crippen LogP contribution in [-0.2, 0) is 11.2 Å². The van der Waals surface area contributed by atoms with Gasteiger partial charge in [-0.2, -0.15) is 0 Å². The molecule has 0 saturated carbocycles. The number of carboxylic acids is 1. The molecule has 0 aliphatic carbocycles. The van der Waals surface area contributed by atoms with Crippen LogP contribution in [0.25, 0.3) is 0 Å². The molecule has 122 valence electrons. The van der Waals surface area contributed by atoms with E-state index in [1.54, 1.807) is 0 Å². The number of aliphatic carboxylic acids is 1. The second-order valence-corrected chi connectivity index (χ2v) is 6.14. The highest BCUT2D eigenvalue weighted by Gasteiger charge is 2.03. The summed E-state index contributed by atoms with van der Waals surface area (Å²) in [7, 11) is 0. The van der Waals surface area contributed by atoms with Crippen LogP contribution in [0.5, 0.6) is 5.75 Å². The molecule has 1 N–H and O–H groups in total. The summed E-state index contributed by atoms with van der Waals surface area (Å²) in [6.45, 7) is 7.25. The van der Waals surface area contributed by atoms with Gasteiger partial charge in [0.2, 0.25) is 0 Å². The third-order valence-corrected chi connectivity index (χ3v) is 3.64. The Balaban J connectivity index is 2.24. The first-order chi connectivity index (χ1) is 10.5. The van der Waals surface area contributed by atoms with Crippen LogP contribution in [0.3, 0.4) is 0 Å². The van der Waals surface area contributed by atoms with Crippen molar-refractivity contribution in [3.05, 3.63) is 41.5 Å². The SMILES string of the molecule is CC(C)=CCC[C@H](C)CCOc1ccc(CCC(=O)O)cc1. The van der Waals surface area contributed by atoms with E-state index in [4.69, 9.17) is 9.84 Å². The normalized spacial score (nSPS) is 11.8. The van der Waals surface area contributed by atoms with E-state index in [1.165, 1.54) is 12.0 Å². The van der Waals surface area contributed by atoms with Gasteiger partial charge in [-0.3, -0.25) is 4.79 Å². The third kappa shape index (κ3) is 8.50. The lowest BCUT2D eigenvalue weighted by Gasteiger charge is -2.12. The molecule has 0 aliphatic heterocycles. The Morgan fingerprint density at radius 3 is 2.50 bits per heavy atom. The van der Waals surface area contributed by atoms with E-state index in [9.17, 15) is 4.79 Å².